The summed E-state index contributed by atoms with van der Waals surface area (Å²) in [7, 11) is -1.59. The second kappa shape index (κ2) is 9.25. The summed E-state index contributed by atoms with van der Waals surface area (Å²) in [5.41, 5.74) is 0. The second-order valence-electron chi connectivity index (χ2n) is 9.68. The predicted octanol–water partition coefficient (Wildman–Crippen LogP) is 5.40. The molecule has 0 saturated heterocycles. The lowest BCUT2D eigenvalue weighted by atomic mass is 9.90. The molecule has 162 valence electrons. The first-order valence-electron chi connectivity index (χ1n) is 10.2. The number of aromatic nitrogens is 4. The molecule has 0 spiro atoms. The van der Waals surface area contributed by atoms with Crippen LogP contribution < -0.4 is 0 Å². The molecule has 9 heteroatoms. The van der Waals surface area contributed by atoms with Crippen molar-refractivity contribution in [3.8, 4) is 0 Å². The van der Waals surface area contributed by atoms with Crippen molar-refractivity contribution in [1.29, 1.82) is 0 Å². The molecule has 0 radical (unpaired) electrons. The normalized spacial score (nSPS) is 26.9. The summed E-state index contributed by atoms with van der Waals surface area (Å²) in [6.45, 7) is 11.6. The Hall–Kier alpha value is 0.0169. The molecule has 4 rings (SSSR count). The quantitative estimate of drug-likeness (QED) is 0.359. The van der Waals surface area contributed by atoms with E-state index < -0.39 is 8.32 Å². The van der Waals surface area contributed by atoms with Gasteiger partial charge in [-0.05, 0) is 89.0 Å². The van der Waals surface area contributed by atoms with Crippen LogP contribution in [0.25, 0.3) is 0 Å². The highest BCUT2D eigenvalue weighted by atomic mass is 127. The van der Waals surface area contributed by atoms with Gasteiger partial charge in [0.1, 0.15) is 0 Å². The lowest BCUT2D eigenvalue weighted by Crippen LogP contribution is -2.47. The molecule has 0 atom stereocenters. The Kier molecular flexibility index (Phi) is 7.55. The van der Waals surface area contributed by atoms with Crippen LogP contribution in [0.4, 0.5) is 0 Å². The molecule has 2 aliphatic rings. The fourth-order valence-electron chi connectivity index (χ4n) is 3.25. The lowest BCUT2D eigenvalue weighted by molar-refractivity contribution is 0.0434. The van der Waals surface area contributed by atoms with Crippen LogP contribution in [0, 0.1) is 7.14 Å². The molecule has 2 heterocycles. The van der Waals surface area contributed by atoms with Gasteiger partial charge in [-0.1, -0.05) is 20.8 Å². The van der Waals surface area contributed by atoms with E-state index >= 15 is 0 Å². The van der Waals surface area contributed by atoms with Crippen molar-refractivity contribution in [1.82, 2.24) is 19.6 Å². The summed E-state index contributed by atoms with van der Waals surface area (Å²) in [6.07, 6.45) is 12.2. The Morgan fingerprint density at radius 2 is 1.41 bits per heavy atom. The lowest BCUT2D eigenvalue weighted by Gasteiger charge is -2.44. The van der Waals surface area contributed by atoms with E-state index in [-0.39, 0.29) is 6.10 Å². The maximum absolute atomic E-state index is 9.04. The highest BCUT2D eigenvalue weighted by Crippen LogP contribution is 2.42. The van der Waals surface area contributed by atoms with Crippen LogP contribution in [0.15, 0.2) is 24.8 Å². The molecule has 2 saturated carbocycles. The first-order valence-corrected chi connectivity index (χ1v) is 15.3. The molecule has 0 aromatic carbocycles. The minimum atomic E-state index is -1.59. The van der Waals surface area contributed by atoms with Gasteiger partial charge in [0.25, 0.3) is 0 Å². The largest absolute Gasteiger partial charge is 0.414 e. The maximum Gasteiger partial charge on any atom is 0.192 e. The number of rotatable bonds is 4. The standard InChI is InChI=1S/C13H23IN2OSi.C7H9IN2O/c1-13(2,3)18(4,5)17-12-6-11(7-12)16-9-10(14)8-15-16;8-5-3-9-10(4-5)6-1-7(11)2-6/h8-9,11-12H,6-7H2,1-5H3;3-4,6-7,11H,1-2H2. The fraction of sp³-hybridized carbons (Fsp3) is 0.700. The van der Waals surface area contributed by atoms with Gasteiger partial charge in [0, 0.05) is 18.5 Å². The molecular formula is C20H32I2N4O2Si. The molecule has 2 aromatic heterocycles. The topological polar surface area (TPSA) is 65.1 Å². The van der Waals surface area contributed by atoms with Gasteiger partial charge in [-0.25, -0.2) is 0 Å². The number of hydrogen-bond donors (Lipinski definition) is 1. The van der Waals surface area contributed by atoms with Crippen molar-refractivity contribution in [2.24, 2.45) is 0 Å². The minimum absolute atomic E-state index is 0.0955. The number of halogens is 2. The number of hydrogen-bond acceptors (Lipinski definition) is 4. The monoisotopic (exact) mass is 642 g/mol. The van der Waals surface area contributed by atoms with Crippen LogP contribution in [0.5, 0.6) is 0 Å². The van der Waals surface area contributed by atoms with Gasteiger partial charge in [0.2, 0.25) is 0 Å². The zero-order chi connectivity index (χ0) is 21.4. The first kappa shape index (κ1) is 23.7. The average molecular weight is 642 g/mol. The van der Waals surface area contributed by atoms with E-state index in [1.54, 1.807) is 0 Å². The second-order valence-corrected chi connectivity index (χ2v) is 16.9. The average Bonchev–Trinajstić information content (AvgIpc) is 3.15. The van der Waals surface area contributed by atoms with Crippen LogP contribution in [0.3, 0.4) is 0 Å². The zero-order valence-corrected chi connectivity index (χ0v) is 23.2. The molecule has 0 bridgehead atoms. The SMILES string of the molecule is CC(C)(C)[Si](C)(C)OC1CC(n2cc(I)cn2)C1.OC1CC(n2cc(I)cn2)C1. The Labute approximate surface area is 202 Å². The number of nitrogens with zero attached hydrogens (tertiary/aromatic N) is 4. The fourth-order valence-corrected chi connectivity index (χ4v) is 5.45. The van der Waals surface area contributed by atoms with Gasteiger partial charge in [-0.15, -0.1) is 0 Å². The van der Waals surface area contributed by atoms with E-state index in [4.69, 9.17) is 9.53 Å². The first-order chi connectivity index (χ1) is 13.4. The molecule has 1 N–H and O–H groups in total. The number of aliphatic hydroxyl groups excluding tert-OH is 1. The summed E-state index contributed by atoms with van der Waals surface area (Å²) in [5.74, 6) is 0. The zero-order valence-electron chi connectivity index (χ0n) is 17.8. The minimum Gasteiger partial charge on any atom is -0.414 e. The Bertz CT molecular complexity index is 806. The van der Waals surface area contributed by atoms with Crippen LogP contribution in [0.2, 0.25) is 18.1 Å². The van der Waals surface area contributed by atoms with Crippen molar-refractivity contribution in [3.63, 3.8) is 0 Å². The van der Waals surface area contributed by atoms with E-state index in [9.17, 15) is 0 Å². The predicted molar refractivity (Wildman–Crippen MR) is 135 cm³/mol. The molecule has 2 aliphatic carbocycles. The van der Waals surface area contributed by atoms with Crippen molar-refractivity contribution in [2.75, 3.05) is 0 Å². The molecule has 2 aromatic rings. The van der Waals surface area contributed by atoms with Crippen LogP contribution in [-0.2, 0) is 4.43 Å². The molecule has 0 aliphatic heterocycles. The van der Waals surface area contributed by atoms with Crippen LogP contribution in [0.1, 0.15) is 58.5 Å². The third kappa shape index (κ3) is 6.04. The van der Waals surface area contributed by atoms with Gasteiger partial charge in [-0.2, -0.15) is 10.2 Å². The van der Waals surface area contributed by atoms with E-state index in [1.807, 2.05) is 23.3 Å². The summed E-state index contributed by atoms with van der Waals surface area (Å²) >= 11 is 4.54. The molecule has 2 fully saturated rings. The molecule has 6 nitrogen and oxygen atoms in total. The van der Waals surface area contributed by atoms with E-state index in [2.05, 4.69) is 100 Å². The van der Waals surface area contributed by atoms with Gasteiger partial charge in [-0.3, -0.25) is 9.36 Å². The third-order valence-electron chi connectivity index (χ3n) is 6.31. The Balaban J connectivity index is 0.000000186. The van der Waals surface area contributed by atoms with E-state index in [1.165, 1.54) is 3.57 Å². The van der Waals surface area contributed by atoms with Crippen molar-refractivity contribution >= 4 is 53.5 Å². The van der Waals surface area contributed by atoms with Gasteiger partial charge >= 0.3 is 0 Å². The molecular weight excluding hydrogens is 610 g/mol. The Morgan fingerprint density at radius 1 is 0.966 bits per heavy atom. The highest BCUT2D eigenvalue weighted by Gasteiger charge is 2.42. The smallest absolute Gasteiger partial charge is 0.192 e. The Morgan fingerprint density at radius 3 is 1.76 bits per heavy atom. The molecule has 29 heavy (non-hydrogen) atoms. The maximum atomic E-state index is 9.04. The van der Waals surface area contributed by atoms with E-state index in [0.717, 1.165) is 29.3 Å². The van der Waals surface area contributed by atoms with Crippen molar-refractivity contribution in [2.45, 2.75) is 88.9 Å². The highest BCUT2D eigenvalue weighted by molar-refractivity contribution is 14.1. The van der Waals surface area contributed by atoms with Crippen LogP contribution in [-0.4, -0.2) is 45.2 Å². The summed E-state index contributed by atoms with van der Waals surface area (Å²) in [6, 6.07) is 0.983. The number of aliphatic hydroxyl groups is 1. The summed E-state index contributed by atoms with van der Waals surface area (Å²) in [5, 5.41) is 17.9. The van der Waals surface area contributed by atoms with Gasteiger partial charge in [0.15, 0.2) is 8.32 Å². The van der Waals surface area contributed by atoms with Crippen molar-refractivity contribution in [3.05, 3.63) is 31.9 Å². The van der Waals surface area contributed by atoms with Crippen molar-refractivity contribution < 1.29 is 9.53 Å². The third-order valence-corrected chi connectivity index (χ3v) is 12.0. The van der Waals surface area contributed by atoms with E-state index in [0.29, 0.717) is 23.2 Å². The van der Waals surface area contributed by atoms with Crippen LogP contribution >= 0.6 is 45.2 Å². The molecule has 0 unspecified atom stereocenters. The summed E-state index contributed by atoms with van der Waals surface area (Å²) < 4.78 is 12.8. The summed E-state index contributed by atoms with van der Waals surface area (Å²) in [4.78, 5) is 0. The van der Waals surface area contributed by atoms with Gasteiger partial charge < -0.3 is 9.53 Å². The van der Waals surface area contributed by atoms with Gasteiger partial charge in [0.05, 0.1) is 37.7 Å². The molecule has 0 amide bonds.